The molecule has 1 atom stereocenters. The lowest BCUT2D eigenvalue weighted by Crippen LogP contribution is -2.05. The van der Waals surface area contributed by atoms with Crippen LogP contribution in [0.1, 0.15) is 24.1 Å². The molecule has 1 unspecified atom stereocenters. The van der Waals surface area contributed by atoms with E-state index in [9.17, 15) is 0 Å². The molecule has 1 heterocycles. The minimum absolute atomic E-state index is 0.0117. The third-order valence-electron chi connectivity index (χ3n) is 2.71. The van der Waals surface area contributed by atoms with E-state index in [1.165, 1.54) is 5.56 Å². The molecule has 0 amide bonds. The van der Waals surface area contributed by atoms with Gasteiger partial charge in [0.05, 0.1) is 11.6 Å². The Labute approximate surface area is 116 Å². The van der Waals surface area contributed by atoms with Gasteiger partial charge in [-0.1, -0.05) is 17.7 Å². The Kier molecular flexibility index (Phi) is 4.64. The Hall–Kier alpha value is -1.03. The summed E-state index contributed by atoms with van der Waals surface area (Å²) < 4.78 is 5.68. The summed E-state index contributed by atoms with van der Waals surface area (Å²) >= 11 is 7.85. The van der Waals surface area contributed by atoms with E-state index in [4.69, 9.17) is 22.1 Å². The second-order valence-electron chi connectivity index (χ2n) is 4.21. The van der Waals surface area contributed by atoms with Gasteiger partial charge in [0.2, 0.25) is 0 Å². The highest BCUT2D eigenvalue weighted by Crippen LogP contribution is 2.27. The van der Waals surface area contributed by atoms with Crippen LogP contribution in [0.2, 0.25) is 5.02 Å². The van der Waals surface area contributed by atoms with Crippen LogP contribution in [0.5, 0.6) is 5.75 Å². The molecule has 2 aromatic rings. The van der Waals surface area contributed by atoms with Crippen LogP contribution in [-0.2, 0) is 6.42 Å². The molecule has 0 aliphatic rings. The predicted molar refractivity (Wildman–Crippen MR) is 77.6 cm³/mol. The minimum Gasteiger partial charge on any atom is -0.492 e. The van der Waals surface area contributed by atoms with Crippen molar-refractivity contribution in [2.45, 2.75) is 19.4 Å². The van der Waals surface area contributed by atoms with E-state index >= 15 is 0 Å². The number of benzene rings is 1. The lowest BCUT2D eigenvalue weighted by Gasteiger charge is -2.11. The van der Waals surface area contributed by atoms with Crippen molar-refractivity contribution in [3.63, 3.8) is 0 Å². The van der Waals surface area contributed by atoms with Crippen LogP contribution in [-0.4, -0.2) is 6.61 Å². The van der Waals surface area contributed by atoms with Crippen LogP contribution >= 0.6 is 22.9 Å². The summed E-state index contributed by atoms with van der Waals surface area (Å²) in [4.78, 5) is 0. The molecule has 0 bridgehead atoms. The molecule has 2 N–H and O–H groups in total. The van der Waals surface area contributed by atoms with Crippen LogP contribution < -0.4 is 10.5 Å². The summed E-state index contributed by atoms with van der Waals surface area (Å²) in [6.07, 6.45) is 0.898. The van der Waals surface area contributed by atoms with Crippen molar-refractivity contribution in [2.75, 3.05) is 6.61 Å². The third-order valence-corrected chi connectivity index (χ3v) is 3.74. The number of thiophene rings is 1. The van der Waals surface area contributed by atoms with Gasteiger partial charge in [0.15, 0.2) is 0 Å². The van der Waals surface area contributed by atoms with Crippen molar-refractivity contribution in [3.8, 4) is 5.75 Å². The maximum Gasteiger partial charge on any atom is 0.137 e. The summed E-state index contributed by atoms with van der Waals surface area (Å²) in [6.45, 7) is 2.57. The Morgan fingerprint density at radius 1 is 1.39 bits per heavy atom. The number of rotatable bonds is 5. The van der Waals surface area contributed by atoms with Crippen LogP contribution in [0.4, 0.5) is 0 Å². The fourth-order valence-corrected chi connectivity index (χ4v) is 2.58. The smallest absolute Gasteiger partial charge is 0.137 e. The highest BCUT2D eigenvalue weighted by atomic mass is 35.5. The standard InChI is InChI=1S/C14H16ClNOS/c1-10(16)12-2-3-14(13(15)8-12)17-6-4-11-5-7-18-9-11/h2-3,5,7-10H,4,6,16H2,1H3. The summed E-state index contributed by atoms with van der Waals surface area (Å²) in [5, 5.41) is 4.82. The first-order valence-corrected chi connectivity index (χ1v) is 7.18. The molecule has 4 heteroatoms. The largest absolute Gasteiger partial charge is 0.492 e. The maximum atomic E-state index is 6.16. The highest BCUT2D eigenvalue weighted by Gasteiger charge is 2.06. The third kappa shape index (κ3) is 3.48. The Morgan fingerprint density at radius 3 is 2.83 bits per heavy atom. The SMILES string of the molecule is CC(N)c1ccc(OCCc2ccsc2)c(Cl)c1. The van der Waals surface area contributed by atoms with Gasteiger partial charge in [-0.15, -0.1) is 0 Å². The van der Waals surface area contributed by atoms with Gasteiger partial charge in [0.25, 0.3) is 0 Å². The van der Waals surface area contributed by atoms with E-state index < -0.39 is 0 Å². The van der Waals surface area contributed by atoms with Gasteiger partial charge in [-0.05, 0) is 47.0 Å². The summed E-state index contributed by atoms with van der Waals surface area (Å²) in [6, 6.07) is 7.80. The van der Waals surface area contributed by atoms with Crippen molar-refractivity contribution in [1.82, 2.24) is 0 Å². The molecular weight excluding hydrogens is 266 g/mol. The molecule has 1 aromatic carbocycles. The average molecular weight is 282 g/mol. The molecule has 2 rings (SSSR count). The summed E-state index contributed by atoms with van der Waals surface area (Å²) in [5.74, 6) is 0.719. The molecule has 0 spiro atoms. The van der Waals surface area contributed by atoms with E-state index in [1.807, 2.05) is 25.1 Å². The van der Waals surface area contributed by atoms with E-state index in [0.717, 1.165) is 17.7 Å². The lowest BCUT2D eigenvalue weighted by atomic mass is 10.1. The van der Waals surface area contributed by atoms with Crippen molar-refractivity contribution in [1.29, 1.82) is 0 Å². The summed E-state index contributed by atoms with van der Waals surface area (Å²) in [7, 11) is 0. The molecule has 0 fully saturated rings. The minimum atomic E-state index is -0.0117. The maximum absolute atomic E-state index is 6.16. The normalized spacial score (nSPS) is 12.4. The second kappa shape index (κ2) is 6.23. The molecule has 96 valence electrons. The van der Waals surface area contributed by atoms with E-state index in [0.29, 0.717) is 11.6 Å². The van der Waals surface area contributed by atoms with Crippen molar-refractivity contribution in [3.05, 3.63) is 51.2 Å². The fourth-order valence-electron chi connectivity index (χ4n) is 1.63. The van der Waals surface area contributed by atoms with Crippen molar-refractivity contribution >= 4 is 22.9 Å². The Balaban J connectivity index is 1.93. The van der Waals surface area contributed by atoms with Crippen molar-refractivity contribution < 1.29 is 4.74 Å². The Bertz CT molecular complexity index is 497. The number of hydrogen-bond donors (Lipinski definition) is 1. The average Bonchev–Trinajstić information content (AvgIpc) is 2.84. The van der Waals surface area contributed by atoms with Crippen LogP contribution in [0, 0.1) is 0 Å². The molecule has 0 radical (unpaired) electrons. The van der Waals surface area contributed by atoms with Crippen LogP contribution in [0.25, 0.3) is 0 Å². The predicted octanol–water partition coefficient (Wildman–Crippen LogP) is 4.04. The summed E-state index contributed by atoms with van der Waals surface area (Å²) in [5.41, 5.74) is 8.11. The number of nitrogens with two attached hydrogens (primary N) is 1. The number of halogens is 1. The van der Waals surface area contributed by atoms with E-state index in [-0.39, 0.29) is 6.04 Å². The zero-order chi connectivity index (χ0) is 13.0. The van der Waals surface area contributed by atoms with Crippen molar-refractivity contribution in [2.24, 2.45) is 5.73 Å². The molecule has 1 aromatic heterocycles. The second-order valence-corrected chi connectivity index (χ2v) is 5.40. The Morgan fingerprint density at radius 2 is 2.22 bits per heavy atom. The molecule has 0 aliphatic heterocycles. The van der Waals surface area contributed by atoms with Gasteiger partial charge >= 0.3 is 0 Å². The highest BCUT2D eigenvalue weighted by molar-refractivity contribution is 7.07. The quantitative estimate of drug-likeness (QED) is 0.898. The fraction of sp³-hybridized carbons (Fsp3) is 0.286. The first-order valence-electron chi connectivity index (χ1n) is 5.85. The first-order chi connectivity index (χ1) is 8.66. The molecule has 0 saturated heterocycles. The molecule has 18 heavy (non-hydrogen) atoms. The number of hydrogen-bond acceptors (Lipinski definition) is 3. The zero-order valence-electron chi connectivity index (χ0n) is 10.2. The van der Waals surface area contributed by atoms with Gasteiger partial charge in [0.1, 0.15) is 5.75 Å². The monoisotopic (exact) mass is 281 g/mol. The molecular formula is C14H16ClNOS. The number of ether oxygens (including phenoxy) is 1. The van der Waals surface area contributed by atoms with Gasteiger partial charge < -0.3 is 10.5 Å². The van der Waals surface area contributed by atoms with E-state index in [2.05, 4.69) is 16.8 Å². The van der Waals surface area contributed by atoms with Gasteiger partial charge in [-0.3, -0.25) is 0 Å². The van der Waals surface area contributed by atoms with Crippen LogP contribution in [0.3, 0.4) is 0 Å². The molecule has 0 aliphatic carbocycles. The molecule has 0 saturated carbocycles. The van der Waals surface area contributed by atoms with Gasteiger partial charge in [-0.2, -0.15) is 11.3 Å². The lowest BCUT2D eigenvalue weighted by molar-refractivity contribution is 0.322. The zero-order valence-corrected chi connectivity index (χ0v) is 11.8. The van der Waals surface area contributed by atoms with Gasteiger partial charge in [0, 0.05) is 12.5 Å². The molecule has 2 nitrogen and oxygen atoms in total. The van der Waals surface area contributed by atoms with Gasteiger partial charge in [-0.25, -0.2) is 0 Å². The first kappa shape index (κ1) is 13.4. The topological polar surface area (TPSA) is 35.2 Å². The van der Waals surface area contributed by atoms with E-state index in [1.54, 1.807) is 11.3 Å². The van der Waals surface area contributed by atoms with Crippen LogP contribution in [0.15, 0.2) is 35.0 Å².